The molecule has 0 unspecified atom stereocenters. The summed E-state index contributed by atoms with van der Waals surface area (Å²) in [6.07, 6.45) is 0. The Labute approximate surface area is 152 Å². The van der Waals surface area contributed by atoms with E-state index >= 15 is 0 Å². The Hall–Kier alpha value is -3.06. The first-order chi connectivity index (χ1) is 12.7. The van der Waals surface area contributed by atoms with E-state index in [0.717, 1.165) is 5.75 Å². The molecule has 0 atom stereocenters. The molecule has 138 valence electrons. The molecule has 0 saturated heterocycles. The summed E-state index contributed by atoms with van der Waals surface area (Å²) in [6.45, 7) is 2.82. The van der Waals surface area contributed by atoms with Crippen molar-refractivity contribution in [3.8, 4) is 11.5 Å². The molecule has 0 heterocycles. The van der Waals surface area contributed by atoms with Crippen LogP contribution in [0.1, 0.15) is 17.3 Å². The second kappa shape index (κ2) is 10.7. The SMILES string of the molecule is CCOCC(=O)NNC(=O)c1cccc(OCCOc2ccccc2)c1. The largest absolute Gasteiger partial charge is 0.490 e. The maximum absolute atomic E-state index is 12.0. The van der Waals surface area contributed by atoms with E-state index in [4.69, 9.17) is 14.2 Å². The minimum atomic E-state index is -0.444. The van der Waals surface area contributed by atoms with Crippen molar-refractivity contribution >= 4 is 11.8 Å². The van der Waals surface area contributed by atoms with Gasteiger partial charge in [-0.1, -0.05) is 24.3 Å². The lowest BCUT2D eigenvalue weighted by Gasteiger charge is -2.10. The number of hydrazine groups is 1. The number of amides is 2. The maximum Gasteiger partial charge on any atom is 0.269 e. The van der Waals surface area contributed by atoms with Gasteiger partial charge in [-0.2, -0.15) is 0 Å². The van der Waals surface area contributed by atoms with Crippen molar-refractivity contribution in [3.63, 3.8) is 0 Å². The zero-order valence-corrected chi connectivity index (χ0v) is 14.6. The van der Waals surface area contributed by atoms with Crippen molar-refractivity contribution in [1.82, 2.24) is 10.9 Å². The topological polar surface area (TPSA) is 85.9 Å². The van der Waals surface area contributed by atoms with Gasteiger partial charge in [0.1, 0.15) is 31.3 Å². The van der Waals surface area contributed by atoms with Gasteiger partial charge in [-0.15, -0.1) is 0 Å². The first-order valence-corrected chi connectivity index (χ1v) is 8.26. The highest BCUT2D eigenvalue weighted by Crippen LogP contribution is 2.13. The van der Waals surface area contributed by atoms with Crippen LogP contribution in [-0.2, 0) is 9.53 Å². The summed E-state index contributed by atoms with van der Waals surface area (Å²) in [5, 5.41) is 0. The predicted molar refractivity (Wildman–Crippen MR) is 96.0 cm³/mol. The van der Waals surface area contributed by atoms with E-state index in [2.05, 4.69) is 10.9 Å². The second-order valence-electron chi connectivity index (χ2n) is 5.18. The van der Waals surface area contributed by atoms with Crippen molar-refractivity contribution in [2.45, 2.75) is 6.92 Å². The van der Waals surface area contributed by atoms with E-state index in [1.54, 1.807) is 31.2 Å². The number of carbonyl (C=O) groups excluding carboxylic acids is 2. The number of ether oxygens (including phenoxy) is 3. The molecule has 2 amide bonds. The first-order valence-electron chi connectivity index (χ1n) is 8.26. The number of hydrogen-bond acceptors (Lipinski definition) is 5. The third kappa shape index (κ3) is 6.82. The van der Waals surface area contributed by atoms with E-state index in [1.807, 2.05) is 30.3 Å². The Morgan fingerprint density at radius 2 is 1.58 bits per heavy atom. The Morgan fingerprint density at radius 3 is 2.31 bits per heavy atom. The molecule has 7 heteroatoms. The van der Waals surface area contributed by atoms with Crippen LogP contribution < -0.4 is 20.3 Å². The molecular weight excluding hydrogens is 336 g/mol. The fraction of sp³-hybridized carbons (Fsp3) is 0.263. The average Bonchev–Trinajstić information content (AvgIpc) is 2.69. The number of carbonyl (C=O) groups is 2. The number of benzene rings is 2. The van der Waals surface area contributed by atoms with Gasteiger partial charge >= 0.3 is 0 Å². The van der Waals surface area contributed by atoms with Gasteiger partial charge in [0.2, 0.25) is 0 Å². The van der Waals surface area contributed by atoms with Gasteiger partial charge < -0.3 is 14.2 Å². The lowest BCUT2D eigenvalue weighted by Crippen LogP contribution is -2.43. The van der Waals surface area contributed by atoms with Crippen LogP contribution >= 0.6 is 0 Å². The third-order valence-electron chi connectivity index (χ3n) is 3.21. The monoisotopic (exact) mass is 358 g/mol. The highest BCUT2D eigenvalue weighted by molar-refractivity contribution is 5.95. The molecular formula is C19H22N2O5. The van der Waals surface area contributed by atoms with Gasteiger partial charge in [-0.25, -0.2) is 0 Å². The standard InChI is InChI=1S/C19H22N2O5/c1-2-24-14-18(22)20-21-19(23)15-7-6-10-17(13-15)26-12-11-25-16-8-4-3-5-9-16/h3-10,13H,2,11-12,14H2,1H3,(H,20,22)(H,21,23). The summed E-state index contributed by atoms with van der Waals surface area (Å²) in [7, 11) is 0. The number of para-hydroxylation sites is 1. The molecule has 7 nitrogen and oxygen atoms in total. The van der Waals surface area contributed by atoms with Crippen molar-refractivity contribution in [1.29, 1.82) is 0 Å². The van der Waals surface area contributed by atoms with Crippen LogP contribution in [-0.4, -0.2) is 38.2 Å². The molecule has 0 fully saturated rings. The van der Waals surface area contributed by atoms with Crippen LogP contribution in [0.3, 0.4) is 0 Å². The zero-order chi connectivity index (χ0) is 18.6. The van der Waals surface area contributed by atoms with Crippen LogP contribution in [0.25, 0.3) is 0 Å². The highest BCUT2D eigenvalue weighted by Gasteiger charge is 2.08. The van der Waals surface area contributed by atoms with Crippen molar-refractivity contribution in [3.05, 3.63) is 60.2 Å². The molecule has 26 heavy (non-hydrogen) atoms. The summed E-state index contributed by atoms with van der Waals surface area (Å²) >= 11 is 0. The summed E-state index contributed by atoms with van der Waals surface area (Å²) in [4.78, 5) is 23.4. The molecule has 0 aliphatic carbocycles. The number of hydrogen-bond donors (Lipinski definition) is 2. The summed E-state index contributed by atoms with van der Waals surface area (Å²) in [6, 6.07) is 16.1. The van der Waals surface area contributed by atoms with Crippen LogP contribution in [0.4, 0.5) is 0 Å². The van der Waals surface area contributed by atoms with Crippen molar-refractivity contribution < 1.29 is 23.8 Å². The molecule has 2 rings (SSSR count). The lowest BCUT2D eigenvalue weighted by atomic mass is 10.2. The van der Waals surface area contributed by atoms with Gasteiger partial charge in [0.05, 0.1) is 0 Å². The normalized spacial score (nSPS) is 10.0. The first kappa shape index (κ1) is 19.3. The van der Waals surface area contributed by atoms with Gasteiger partial charge in [-0.05, 0) is 37.3 Å². The summed E-state index contributed by atoms with van der Waals surface area (Å²) in [5.74, 6) is 0.438. The molecule has 0 aliphatic heterocycles. The zero-order valence-electron chi connectivity index (χ0n) is 14.6. The van der Waals surface area contributed by atoms with Crippen molar-refractivity contribution in [2.75, 3.05) is 26.4 Å². The van der Waals surface area contributed by atoms with Gasteiger partial charge in [0.25, 0.3) is 11.8 Å². The molecule has 0 aliphatic rings. The van der Waals surface area contributed by atoms with E-state index in [-0.39, 0.29) is 6.61 Å². The highest BCUT2D eigenvalue weighted by atomic mass is 16.5. The minimum absolute atomic E-state index is 0.110. The quantitative estimate of drug-likeness (QED) is 0.529. The second-order valence-corrected chi connectivity index (χ2v) is 5.18. The van der Waals surface area contributed by atoms with Crippen LogP contribution in [0.5, 0.6) is 11.5 Å². The molecule has 2 aromatic rings. The summed E-state index contributed by atoms with van der Waals surface area (Å²) < 4.78 is 16.1. The minimum Gasteiger partial charge on any atom is -0.490 e. The van der Waals surface area contributed by atoms with Gasteiger partial charge in [0, 0.05) is 12.2 Å². The van der Waals surface area contributed by atoms with E-state index < -0.39 is 11.8 Å². The van der Waals surface area contributed by atoms with Crippen LogP contribution in [0.2, 0.25) is 0 Å². The molecule has 0 aromatic heterocycles. The number of rotatable bonds is 9. The lowest BCUT2D eigenvalue weighted by molar-refractivity contribution is -0.126. The molecule has 2 aromatic carbocycles. The summed E-state index contributed by atoms with van der Waals surface area (Å²) in [5.41, 5.74) is 4.97. The van der Waals surface area contributed by atoms with Crippen molar-refractivity contribution in [2.24, 2.45) is 0 Å². The van der Waals surface area contributed by atoms with Gasteiger partial charge in [0.15, 0.2) is 0 Å². The average molecular weight is 358 g/mol. The molecule has 0 spiro atoms. The molecule has 0 radical (unpaired) electrons. The maximum atomic E-state index is 12.0. The molecule has 2 N–H and O–H groups in total. The predicted octanol–water partition coefficient (Wildman–Crippen LogP) is 1.94. The van der Waals surface area contributed by atoms with E-state index in [9.17, 15) is 9.59 Å². The van der Waals surface area contributed by atoms with Crippen LogP contribution in [0.15, 0.2) is 54.6 Å². The van der Waals surface area contributed by atoms with Crippen LogP contribution in [0, 0.1) is 0 Å². The smallest absolute Gasteiger partial charge is 0.269 e. The number of nitrogens with one attached hydrogen (secondary N) is 2. The third-order valence-corrected chi connectivity index (χ3v) is 3.21. The van der Waals surface area contributed by atoms with Gasteiger partial charge in [-0.3, -0.25) is 20.4 Å². The fourth-order valence-corrected chi connectivity index (χ4v) is 1.99. The Kier molecular flexibility index (Phi) is 7.95. The Bertz CT molecular complexity index is 706. The Balaban J connectivity index is 1.75. The van der Waals surface area contributed by atoms with E-state index in [0.29, 0.717) is 31.1 Å². The van der Waals surface area contributed by atoms with E-state index in [1.165, 1.54) is 0 Å². The fourth-order valence-electron chi connectivity index (χ4n) is 1.99. The molecule has 0 bridgehead atoms. The molecule has 0 saturated carbocycles. The Morgan fingerprint density at radius 1 is 0.885 bits per heavy atom.